The predicted molar refractivity (Wildman–Crippen MR) is 74.5 cm³/mol. The maximum Gasteiger partial charge on any atom is 0.0487 e. The van der Waals surface area contributed by atoms with Crippen LogP contribution in [-0.4, -0.2) is 26.4 Å². The van der Waals surface area contributed by atoms with Crippen molar-refractivity contribution >= 4 is 0 Å². The highest BCUT2D eigenvalue weighted by Gasteiger charge is 2.05. The molecule has 1 atom stereocenters. The maximum atomic E-state index is 5.64. The molecule has 104 valence electrons. The first-order valence-corrected chi connectivity index (χ1v) is 7.50. The van der Waals surface area contributed by atoms with Crippen molar-refractivity contribution < 1.29 is 9.47 Å². The van der Waals surface area contributed by atoms with E-state index in [1.807, 2.05) is 6.92 Å². The second kappa shape index (κ2) is 14.0. The van der Waals surface area contributed by atoms with Gasteiger partial charge in [0.15, 0.2) is 0 Å². The molecule has 0 aromatic rings. The Bertz CT molecular complexity index is 137. The molecule has 0 radical (unpaired) electrons. The molecule has 0 aliphatic heterocycles. The van der Waals surface area contributed by atoms with Gasteiger partial charge in [-0.1, -0.05) is 46.0 Å². The summed E-state index contributed by atoms with van der Waals surface area (Å²) in [4.78, 5) is 0. The van der Waals surface area contributed by atoms with Gasteiger partial charge in [0, 0.05) is 26.4 Å². The molecule has 2 heteroatoms. The largest absolute Gasteiger partial charge is 0.382 e. The molecular weight excluding hydrogens is 212 g/mol. The molecule has 0 saturated heterocycles. The third kappa shape index (κ3) is 12.2. The zero-order valence-corrected chi connectivity index (χ0v) is 12.2. The fourth-order valence-corrected chi connectivity index (χ4v) is 2.00. The van der Waals surface area contributed by atoms with Crippen molar-refractivity contribution in [2.45, 2.75) is 65.7 Å². The van der Waals surface area contributed by atoms with E-state index in [-0.39, 0.29) is 0 Å². The lowest BCUT2D eigenvalue weighted by Crippen LogP contribution is -2.07. The van der Waals surface area contributed by atoms with Crippen LogP contribution in [0, 0.1) is 5.92 Å². The van der Waals surface area contributed by atoms with Gasteiger partial charge >= 0.3 is 0 Å². The van der Waals surface area contributed by atoms with Gasteiger partial charge in [-0.05, 0) is 25.7 Å². The molecule has 0 heterocycles. The van der Waals surface area contributed by atoms with E-state index in [0.29, 0.717) is 0 Å². The number of rotatable bonds is 13. The molecule has 1 unspecified atom stereocenters. The van der Waals surface area contributed by atoms with Crippen LogP contribution >= 0.6 is 0 Å². The van der Waals surface area contributed by atoms with Crippen LogP contribution in [0.15, 0.2) is 0 Å². The Kier molecular flexibility index (Phi) is 13.9. The molecule has 0 aromatic carbocycles. The van der Waals surface area contributed by atoms with Crippen LogP contribution in [0.3, 0.4) is 0 Å². The van der Waals surface area contributed by atoms with Crippen LogP contribution < -0.4 is 0 Å². The lowest BCUT2D eigenvalue weighted by Gasteiger charge is -2.14. The van der Waals surface area contributed by atoms with E-state index in [4.69, 9.17) is 9.47 Å². The Morgan fingerprint density at radius 3 is 2.18 bits per heavy atom. The Balaban J connectivity index is 3.25. The number of unbranched alkanes of at least 4 members (excludes halogenated alkanes) is 2. The fourth-order valence-electron chi connectivity index (χ4n) is 2.00. The van der Waals surface area contributed by atoms with E-state index in [2.05, 4.69) is 13.8 Å². The minimum atomic E-state index is 0.815. The predicted octanol–water partition coefficient (Wildman–Crippen LogP) is 4.43. The molecule has 0 saturated carbocycles. The molecule has 0 amide bonds. The first kappa shape index (κ1) is 16.9. The highest BCUT2D eigenvalue weighted by Crippen LogP contribution is 2.17. The fraction of sp³-hybridized carbons (Fsp3) is 1.00. The lowest BCUT2D eigenvalue weighted by molar-refractivity contribution is 0.0804. The standard InChI is InChI=1S/C15H32O2/c1-4-7-8-10-15(5-2)11-14-17-13-9-12-16-6-3/h15H,4-14H2,1-3H3. The summed E-state index contributed by atoms with van der Waals surface area (Å²) in [6.45, 7) is 10.0. The lowest BCUT2D eigenvalue weighted by atomic mass is 9.96. The zero-order chi connectivity index (χ0) is 12.8. The minimum absolute atomic E-state index is 0.815. The Morgan fingerprint density at radius 1 is 0.765 bits per heavy atom. The summed E-state index contributed by atoms with van der Waals surface area (Å²) < 4.78 is 10.9. The maximum absolute atomic E-state index is 5.64. The van der Waals surface area contributed by atoms with E-state index >= 15 is 0 Å². The molecule has 0 aromatic heterocycles. The summed E-state index contributed by atoms with van der Waals surface area (Å²) in [5.74, 6) is 0.869. The van der Waals surface area contributed by atoms with Crippen LogP contribution in [-0.2, 0) is 9.47 Å². The third-order valence-electron chi connectivity index (χ3n) is 3.25. The topological polar surface area (TPSA) is 18.5 Å². The first-order chi connectivity index (χ1) is 8.35. The second-order valence-corrected chi connectivity index (χ2v) is 4.72. The summed E-state index contributed by atoms with van der Waals surface area (Å²) in [6.07, 6.45) is 9.03. The number of hydrogen-bond acceptors (Lipinski definition) is 2. The molecule has 2 nitrogen and oxygen atoms in total. The molecule has 0 spiro atoms. The van der Waals surface area contributed by atoms with Crippen molar-refractivity contribution in [2.75, 3.05) is 26.4 Å². The van der Waals surface area contributed by atoms with E-state index in [1.54, 1.807) is 0 Å². The SMILES string of the molecule is CCCCCC(CC)CCOCCCOCC. The molecule has 0 bridgehead atoms. The van der Waals surface area contributed by atoms with Crippen molar-refractivity contribution in [3.8, 4) is 0 Å². The highest BCUT2D eigenvalue weighted by atomic mass is 16.5. The van der Waals surface area contributed by atoms with Crippen molar-refractivity contribution in [3.05, 3.63) is 0 Å². The van der Waals surface area contributed by atoms with Gasteiger partial charge in [0.2, 0.25) is 0 Å². The van der Waals surface area contributed by atoms with Crippen molar-refractivity contribution in [1.29, 1.82) is 0 Å². The molecule has 17 heavy (non-hydrogen) atoms. The van der Waals surface area contributed by atoms with Crippen LogP contribution in [0.4, 0.5) is 0 Å². The summed E-state index contributed by atoms with van der Waals surface area (Å²) in [6, 6.07) is 0. The molecule has 0 rings (SSSR count). The van der Waals surface area contributed by atoms with Crippen LogP contribution in [0.25, 0.3) is 0 Å². The van der Waals surface area contributed by atoms with Gasteiger partial charge in [0.05, 0.1) is 0 Å². The summed E-state index contributed by atoms with van der Waals surface area (Å²) in [5, 5.41) is 0. The molecule has 0 N–H and O–H groups in total. The van der Waals surface area contributed by atoms with E-state index in [9.17, 15) is 0 Å². The summed E-state index contributed by atoms with van der Waals surface area (Å²) >= 11 is 0. The Morgan fingerprint density at radius 2 is 1.53 bits per heavy atom. The van der Waals surface area contributed by atoms with E-state index in [1.165, 1.54) is 38.5 Å². The molecule has 0 aliphatic carbocycles. The molecular formula is C15H32O2. The van der Waals surface area contributed by atoms with Gasteiger partial charge in [0.25, 0.3) is 0 Å². The van der Waals surface area contributed by atoms with Gasteiger partial charge in [-0.2, -0.15) is 0 Å². The average molecular weight is 244 g/mol. The third-order valence-corrected chi connectivity index (χ3v) is 3.25. The normalized spacial score (nSPS) is 12.9. The average Bonchev–Trinajstić information content (AvgIpc) is 2.35. The number of ether oxygens (including phenoxy) is 2. The van der Waals surface area contributed by atoms with Crippen LogP contribution in [0.5, 0.6) is 0 Å². The highest BCUT2D eigenvalue weighted by molar-refractivity contribution is 4.57. The molecule has 0 aliphatic rings. The second-order valence-electron chi connectivity index (χ2n) is 4.72. The number of hydrogen-bond donors (Lipinski definition) is 0. The van der Waals surface area contributed by atoms with E-state index < -0.39 is 0 Å². The van der Waals surface area contributed by atoms with Crippen LogP contribution in [0.1, 0.15) is 65.7 Å². The van der Waals surface area contributed by atoms with Gasteiger partial charge in [0.1, 0.15) is 0 Å². The zero-order valence-electron chi connectivity index (χ0n) is 12.2. The van der Waals surface area contributed by atoms with Crippen molar-refractivity contribution in [2.24, 2.45) is 5.92 Å². The van der Waals surface area contributed by atoms with Crippen LogP contribution in [0.2, 0.25) is 0 Å². The Hall–Kier alpha value is -0.0800. The monoisotopic (exact) mass is 244 g/mol. The smallest absolute Gasteiger partial charge is 0.0487 e. The van der Waals surface area contributed by atoms with E-state index in [0.717, 1.165) is 38.8 Å². The molecule has 0 fully saturated rings. The summed E-state index contributed by atoms with van der Waals surface area (Å²) in [5.41, 5.74) is 0. The first-order valence-electron chi connectivity index (χ1n) is 7.50. The van der Waals surface area contributed by atoms with Gasteiger partial charge in [-0.3, -0.25) is 0 Å². The minimum Gasteiger partial charge on any atom is -0.382 e. The van der Waals surface area contributed by atoms with Crippen molar-refractivity contribution in [1.82, 2.24) is 0 Å². The quantitative estimate of drug-likeness (QED) is 0.446. The van der Waals surface area contributed by atoms with Gasteiger partial charge in [-0.25, -0.2) is 0 Å². The Labute approximate surface area is 108 Å². The van der Waals surface area contributed by atoms with Crippen molar-refractivity contribution in [3.63, 3.8) is 0 Å². The van der Waals surface area contributed by atoms with Gasteiger partial charge in [-0.15, -0.1) is 0 Å². The summed E-state index contributed by atoms with van der Waals surface area (Å²) in [7, 11) is 0. The van der Waals surface area contributed by atoms with Gasteiger partial charge < -0.3 is 9.47 Å².